The highest BCUT2D eigenvalue weighted by molar-refractivity contribution is 6.10. The van der Waals surface area contributed by atoms with Crippen LogP contribution in [0.25, 0.3) is 66.4 Å². The van der Waals surface area contributed by atoms with Gasteiger partial charge in [-0.05, 0) is 65.7 Å². The maximum absolute atomic E-state index is 10.00. The summed E-state index contributed by atoms with van der Waals surface area (Å²) in [5.41, 5.74) is 7.03. The van der Waals surface area contributed by atoms with Crippen molar-refractivity contribution in [2.75, 3.05) is 0 Å². The van der Waals surface area contributed by atoms with Gasteiger partial charge in [0.25, 0.3) is 0 Å². The van der Waals surface area contributed by atoms with E-state index in [0.717, 1.165) is 66.4 Å². The Morgan fingerprint density at radius 1 is 0.476 bits per heavy atom. The van der Waals surface area contributed by atoms with Gasteiger partial charge in [0.2, 0.25) is 0 Å². The monoisotopic (exact) mass is 535 g/mol. The number of hydrogen-bond acceptors (Lipinski definition) is 3. The number of para-hydroxylation sites is 3. The van der Waals surface area contributed by atoms with E-state index >= 15 is 0 Å². The first-order valence-electron chi connectivity index (χ1n) is 13.7. The van der Waals surface area contributed by atoms with Crippen LogP contribution in [0.1, 0.15) is 11.1 Å². The van der Waals surface area contributed by atoms with E-state index in [-0.39, 0.29) is 0 Å². The lowest BCUT2D eigenvalue weighted by Gasteiger charge is -2.15. The standard InChI is InChI=1S/C37H21N5/c38-22-24-17-18-35-31(19-24)30-13-5-8-16-34(30)42(35)37-21-26(27-10-2-1-9-25(27)23-39)20-36(40-37)41-32-14-6-3-11-28(32)29-12-4-7-15-33(29)41/h1-21H. The smallest absolute Gasteiger partial charge is 0.140 e. The average Bonchev–Trinajstić information content (AvgIpc) is 3.57. The summed E-state index contributed by atoms with van der Waals surface area (Å²) in [5, 5.41) is 24.0. The number of rotatable bonds is 3. The lowest BCUT2D eigenvalue weighted by atomic mass is 10.0. The molecule has 8 rings (SSSR count). The van der Waals surface area contributed by atoms with Crippen molar-refractivity contribution in [2.45, 2.75) is 0 Å². The van der Waals surface area contributed by atoms with Gasteiger partial charge in [0, 0.05) is 21.5 Å². The van der Waals surface area contributed by atoms with Gasteiger partial charge in [-0.2, -0.15) is 10.5 Å². The molecule has 0 saturated carbocycles. The van der Waals surface area contributed by atoms with Crippen LogP contribution >= 0.6 is 0 Å². The number of pyridine rings is 1. The molecule has 5 heteroatoms. The molecule has 0 amide bonds. The van der Waals surface area contributed by atoms with E-state index in [1.807, 2.05) is 66.7 Å². The fourth-order valence-electron chi connectivity index (χ4n) is 6.18. The first-order valence-corrected chi connectivity index (χ1v) is 13.7. The van der Waals surface area contributed by atoms with Gasteiger partial charge in [-0.3, -0.25) is 9.13 Å². The highest BCUT2D eigenvalue weighted by Crippen LogP contribution is 2.37. The molecule has 0 aliphatic rings. The third-order valence-corrected chi connectivity index (χ3v) is 8.00. The molecule has 3 aromatic heterocycles. The Morgan fingerprint density at radius 2 is 0.976 bits per heavy atom. The molecule has 194 valence electrons. The fraction of sp³-hybridized carbons (Fsp3) is 0. The molecule has 0 saturated heterocycles. The molecule has 0 spiro atoms. The zero-order valence-corrected chi connectivity index (χ0v) is 22.4. The molecule has 0 bridgehead atoms. The summed E-state index contributed by atoms with van der Waals surface area (Å²) < 4.78 is 4.36. The lowest BCUT2D eigenvalue weighted by Crippen LogP contribution is -2.04. The molecule has 0 atom stereocenters. The Morgan fingerprint density at radius 3 is 1.55 bits per heavy atom. The van der Waals surface area contributed by atoms with Crippen molar-refractivity contribution >= 4 is 43.6 Å². The minimum atomic E-state index is 0.601. The van der Waals surface area contributed by atoms with Crippen LogP contribution < -0.4 is 0 Å². The average molecular weight is 536 g/mol. The Kier molecular flexibility index (Phi) is 5.19. The predicted molar refractivity (Wildman–Crippen MR) is 168 cm³/mol. The zero-order chi connectivity index (χ0) is 28.2. The van der Waals surface area contributed by atoms with Crippen molar-refractivity contribution in [2.24, 2.45) is 0 Å². The van der Waals surface area contributed by atoms with E-state index in [4.69, 9.17) is 4.98 Å². The molecule has 8 aromatic rings. The second-order valence-corrected chi connectivity index (χ2v) is 10.3. The van der Waals surface area contributed by atoms with Crippen LogP contribution in [-0.2, 0) is 0 Å². The van der Waals surface area contributed by atoms with Crippen molar-refractivity contribution in [1.29, 1.82) is 10.5 Å². The highest BCUT2D eigenvalue weighted by Gasteiger charge is 2.19. The molecule has 5 nitrogen and oxygen atoms in total. The van der Waals surface area contributed by atoms with Gasteiger partial charge >= 0.3 is 0 Å². The summed E-state index contributed by atoms with van der Waals surface area (Å²) >= 11 is 0. The fourth-order valence-corrected chi connectivity index (χ4v) is 6.18. The first kappa shape index (κ1) is 23.7. The van der Waals surface area contributed by atoms with Gasteiger partial charge in [-0.15, -0.1) is 0 Å². The van der Waals surface area contributed by atoms with Crippen LogP contribution in [0, 0.1) is 22.7 Å². The van der Waals surface area contributed by atoms with Crippen molar-refractivity contribution in [3.8, 4) is 34.9 Å². The van der Waals surface area contributed by atoms with Crippen LogP contribution in [-0.4, -0.2) is 14.1 Å². The first-order chi connectivity index (χ1) is 20.7. The Bertz CT molecular complexity index is 2390. The quantitative estimate of drug-likeness (QED) is 0.227. The summed E-state index contributed by atoms with van der Waals surface area (Å²) in [6.07, 6.45) is 0. The molecule has 0 aliphatic carbocycles. The van der Waals surface area contributed by atoms with Gasteiger partial charge in [-0.25, -0.2) is 4.98 Å². The topological polar surface area (TPSA) is 70.3 Å². The van der Waals surface area contributed by atoms with E-state index < -0.39 is 0 Å². The highest BCUT2D eigenvalue weighted by atomic mass is 15.1. The van der Waals surface area contributed by atoms with Crippen LogP contribution in [0.5, 0.6) is 0 Å². The maximum Gasteiger partial charge on any atom is 0.140 e. The number of nitrogens with zero attached hydrogens (tertiary/aromatic N) is 5. The summed E-state index contributed by atoms with van der Waals surface area (Å²) in [7, 11) is 0. The zero-order valence-electron chi connectivity index (χ0n) is 22.4. The Balaban J connectivity index is 1.52. The molecular weight excluding hydrogens is 514 g/mol. The second kappa shape index (κ2) is 9.20. The van der Waals surface area contributed by atoms with E-state index in [1.165, 1.54) is 0 Å². The third kappa shape index (κ3) is 3.45. The van der Waals surface area contributed by atoms with Crippen molar-refractivity contribution in [3.05, 3.63) is 139 Å². The predicted octanol–water partition coefficient (Wildman–Crippen LogP) is 8.69. The van der Waals surface area contributed by atoms with Gasteiger partial charge < -0.3 is 0 Å². The summed E-state index contributed by atoms with van der Waals surface area (Å²) in [4.78, 5) is 5.32. The SMILES string of the molecule is N#Cc1ccc2c(c1)c1ccccc1n2-c1cc(-c2ccccc2C#N)cc(-n2c3ccccc3c3ccccc32)n1. The maximum atomic E-state index is 10.00. The van der Waals surface area contributed by atoms with Crippen LogP contribution in [0.4, 0.5) is 0 Å². The Labute approximate surface area is 241 Å². The minimum Gasteiger partial charge on any atom is -0.294 e. The molecule has 0 unspecified atom stereocenters. The molecule has 3 heterocycles. The molecule has 0 fully saturated rings. The van der Waals surface area contributed by atoms with E-state index in [0.29, 0.717) is 11.1 Å². The molecular formula is C37H21N5. The van der Waals surface area contributed by atoms with Crippen molar-refractivity contribution in [1.82, 2.24) is 14.1 Å². The number of hydrogen-bond donors (Lipinski definition) is 0. The normalized spacial score (nSPS) is 11.3. The van der Waals surface area contributed by atoms with Gasteiger partial charge in [0.1, 0.15) is 11.6 Å². The van der Waals surface area contributed by atoms with Crippen LogP contribution in [0.3, 0.4) is 0 Å². The van der Waals surface area contributed by atoms with Gasteiger partial charge in [-0.1, -0.05) is 72.8 Å². The van der Waals surface area contributed by atoms with E-state index in [1.54, 1.807) is 0 Å². The molecule has 0 aliphatic heterocycles. The summed E-state index contributed by atoms with van der Waals surface area (Å²) in [6, 6.07) is 47.2. The van der Waals surface area contributed by atoms with Crippen LogP contribution in [0.15, 0.2) is 127 Å². The van der Waals surface area contributed by atoms with Crippen LogP contribution in [0.2, 0.25) is 0 Å². The largest absolute Gasteiger partial charge is 0.294 e. The third-order valence-electron chi connectivity index (χ3n) is 8.00. The van der Waals surface area contributed by atoms with Gasteiger partial charge in [0.05, 0.1) is 45.3 Å². The minimum absolute atomic E-state index is 0.601. The van der Waals surface area contributed by atoms with Gasteiger partial charge in [0.15, 0.2) is 0 Å². The van der Waals surface area contributed by atoms with E-state index in [9.17, 15) is 10.5 Å². The van der Waals surface area contributed by atoms with E-state index in [2.05, 4.69) is 81.9 Å². The molecule has 42 heavy (non-hydrogen) atoms. The molecule has 0 N–H and O–H groups in total. The molecule has 5 aromatic carbocycles. The van der Waals surface area contributed by atoms with Crippen molar-refractivity contribution in [3.63, 3.8) is 0 Å². The number of benzene rings is 5. The summed E-state index contributed by atoms with van der Waals surface area (Å²) in [5.74, 6) is 1.49. The summed E-state index contributed by atoms with van der Waals surface area (Å²) in [6.45, 7) is 0. The Hall–Kier alpha value is -6.17. The number of fused-ring (bicyclic) bond motifs is 6. The second-order valence-electron chi connectivity index (χ2n) is 10.3. The number of aromatic nitrogens is 3. The lowest BCUT2D eigenvalue weighted by molar-refractivity contribution is 1.01. The molecule has 0 radical (unpaired) electrons. The van der Waals surface area contributed by atoms with Crippen molar-refractivity contribution < 1.29 is 0 Å². The number of nitriles is 2.